The number of halogens is 1. The number of urea groups is 1. The summed E-state index contributed by atoms with van der Waals surface area (Å²) in [4.78, 5) is 55.7. The van der Waals surface area contributed by atoms with Gasteiger partial charge in [0.1, 0.15) is 12.2 Å². The second-order valence-corrected chi connectivity index (χ2v) is 14.3. The van der Waals surface area contributed by atoms with Crippen LogP contribution >= 0.6 is 11.6 Å². The van der Waals surface area contributed by atoms with Gasteiger partial charge in [0.05, 0.1) is 22.2 Å². The molecule has 1 saturated heterocycles. The molecule has 8 rings (SSSR count). The van der Waals surface area contributed by atoms with Crippen molar-refractivity contribution in [1.29, 1.82) is 0 Å². The summed E-state index contributed by atoms with van der Waals surface area (Å²) in [6.07, 6.45) is 3.11. The molecule has 5 aromatic rings. The first kappa shape index (κ1) is 36.5. The number of nitrogens with one attached hydrogen (secondary N) is 1. The molecule has 0 aromatic heterocycles. The quantitative estimate of drug-likeness (QED) is 0.0646. The van der Waals surface area contributed by atoms with Crippen molar-refractivity contribution in [3.05, 3.63) is 163 Å². The van der Waals surface area contributed by atoms with E-state index < -0.39 is 22.8 Å². The average Bonchev–Trinajstić information content (AvgIpc) is 3.20. The zero-order valence-corrected chi connectivity index (χ0v) is 31.2. The standard InChI is InChI=1S/C44H37ClN4O7/c1-2-55-39-23-28(22-38(45)41(39)56-26-27-10-9-15-31(20-27)49(53)54)21-37-42(50)46-44(52)48(43(37)51)32-24-35-33(29-11-5-3-6-12-29)16-18-47-19-17-34(36(25-32)40(35)47)30-13-7-4-8-14-30/h3-15,20-25,33-34H,2,16-19,26H2,1H3,(H,46,50,52)/b37-21+/t33-,34-/m1/s1. The summed E-state index contributed by atoms with van der Waals surface area (Å²) in [5.74, 6) is -1.12. The number of anilines is 2. The molecule has 12 heteroatoms. The first-order valence-electron chi connectivity index (χ1n) is 18.5. The van der Waals surface area contributed by atoms with Gasteiger partial charge in [0, 0.05) is 42.7 Å². The third-order valence-corrected chi connectivity index (χ3v) is 10.8. The lowest BCUT2D eigenvalue weighted by molar-refractivity contribution is -0.384. The fraction of sp³-hybridized carbons (Fsp3) is 0.205. The maximum atomic E-state index is 14.4. The Hall–Kier alpha value is -6.46. The Morgan fingerprint density at radius 2 is 1.48 bits per heavy atom. The summed E-state index contributed by atoms with van der Waals surface area (Å²) in [5, 5.41) is 13.8. The van der Waals surface area contributed by atoms with E-state index in [-0.39, 0.29) is 52.8 Å². The van der Waals surface area contributed by atoms with Crippen molar-refractivity contribution in [3.8, 4) is 11.5 Å². The molecule has 5 aromatic carbocycles. The normalized spacial score (nSPS) is 18.4. The average molecular weight is 769 g/mol. The van der Waals surface area contributed by atoms with E-state index in [0.29, 0.717) is 16.8 Å². The molecule has 56 heavy (non-hydrogen) atoms. The molecule has 3 aliphatic heterocycles. The van der Waals surface area contributed by atoms with Crippen LogP contribution in [0.3, 0.4) is 0 Å². The van der Waals surface area contributed by atoms with Crippen LogP contribution in [0.4, 0.5) is 21.9 Å². The number of hydrogen-bond donors (Lipinski definition) is 1. The van der Waals surface area contributed by atoms with Crippen LogP contribution in [0, 0.1) is 10.1 Å². The summed E-state index contributed by atoms with van der Waals surface area (Å²) in [5.41, 5.74) is 6.46. The van der Waals surface area contributed by atoms with Gasteiger partial charge in [0.2, 0.25) is 0 Å². The van der Waals surface area contributed by atoms with Gasteiger partial charge in [0.25, 0.3) is 17.5 Å². The Morgan fingerprint density at radius 1 is 0.839 bits per heavy atom. The number of barbiturate groups is 1. The van der Waals surface area contributed by atoms with Gasteiger partial charge in [-0.2, -0.15) is 0 Å². The number of benzene rings is 5. The minimum atomic E-state index is -0.842. The fourth-order valence-corrected chi connectivity index (χ4v) is 8.29. The monoisotopic (exact) mass is 768 g/mol. The maximum absolute atomic E-state index is 14.4. The van der Waals surface area contributed by atoms with Crippen molar-refractivity contribution >= 4 is 52.6 Å². The Morgan fingerprint density at radius 3 is 2.09 bits per heavy atom. The van der Waals surface area contributed by atoms with Gasteiger partial charge in [-0.15, -0.1) is 0 Å². The van der Waals surface area contributed by atoms with E-state index in [4.69, 9.17) is 21.1 Å². The van der Waals surface area contributed by atoms with Crippen LogP contribution in [0.25, 0.3) is 6.08 Å². The number of imide groups is 2. The van der Waals surface area contributed by atoms with Crippen LogP contribution in [0.1, 0.15) is 65.0 Å². The third kappa shape index (κ3) is 6.97. The minimum absolute atomic E-state index is 0.0311. The number of amides is 4. The van der Waals surface area contributed by atoms with Crippen LogP contribution in [0.15, 0.2) is 115 Å². The van der Waals surface area contributed by atoms with Gasteiger partial charge in [-0.05, 0) is 83.5 Å². The van der Waals surface area contributed by atoms with Crippen molar-refractivity contribution < 1.29 is 28.8 Å². The van der Waals surface area contributed by atoms with Gasteiger partial charge >= 0.3 is 6.03 Å². The highest BCUT2D eigenvalue weighted by Gasteiger charge is 2.40. The van der Waals surface area contributed by atoms with Crippen LogP contribution in [0.2, 0.25) is 5.02 Å². The number of carbonyl (C=O) groups excluding carboxylic acids is 3. The van der Waals surface area contributed by atoms with Crippen molar-refractivity contribution in [2.24, 2.45) is 0 Å². The lowest BCUT2D eigenvalue weighted by Crippen LogP contribution is -2.54. The Kier molecular flexibility index (Phi) is 10.0. The zero-order chi connectivity index (χ0) is 38.9. The molecule has 11 nitrogen and oxygen atoms in total. The number of nitrogens with zero attached hydrogens (tertiary/aromatic N) is 3. The molecule has 0 spiro atoms. The lowest BCUT2D eigenvalue weighted by atomic mass is 9.76. The second kappa shape index (κ2) is 15.3. The van der Waals surface area contributed by atoms with E-state index in [0.717, 1.165) is 58.8 Å². The minimum Gasteiger partial charge on any atom is -0.490 e. The molecular formula is C44H37ClN4O7. The second-order valence-electron chi connectivity index (χ2n) is 13.9. The highest BCUT2D eigenvalue weighted by molar-refractivity contribution is 6.39. The van der Waals surface area contributed by atoms with Gasteiger partial charge < -0.3 is 14.4 Å². The third-order valence-electron chi connectivity index (χ3n) is 10.5. The summed E-state index contributed by atoms with van der Waals surface area (Å²) in [7, 11) is 0. The van der Waals surface area contributed by atoms with E-state index in [1.165, 1.54) is 24.3 Å². The molecule has 282 valence electrons. The molecule has 0 unspecified atom stereocenters. The number of non-ortho nitro benzene ring substituents is 1. The number of nitro groups is 1. The molecule has 0 radical (unpaired) electrons. The van der Waals surface area contributed by atoms with Crippen LogP contribution in [-0.4, -0.2) is 42.5 Å². The van der Waals surface area contributed by atoms with Crippen LogP contribution in [0.5, 0.6) is 11.5 Å². The van der Waals surface area contributed by atoms with Gasteiger partial charge in [0.15, 0.2) is 11.5 Å². The van der Waals surface area contributed by atoms with Crippen molar-refractivity contribution in [3.63, 3.8) is 0 Å². The first-order valence-corrected chi connectivity index (χ1v) is 18.8. The molecular weight excluding hydrogens is 732 g/mol. The molecule has 3 heterocycles. The Labute approximate surface area is 328 Å². The van der Waals surface area contributed by atoms with Crippen molar-refractivity contribution in [2.75, 3.05) is 29.5 Å². The summed E-state index contributed by atoms with van der Waals surface area (Å²) < 4.78 is 11.8. The maximum Gasteiger partial charge on any atom is 0.335 e. The van der Waals surface area contributed by atoms with E-state index in [1.54, 1.807) is 25.1 Å². The Balaban J connectivity index is 1.17. The smallest absolute Gasteiger partial charge is 0.335 e. The van der Waals surface area contributed by atoms with E-state index >= 15 is 0 Å². The predicted molar refractivity (Wildman–Crippen MR) is 214 cm³/mol. The molecule has 4 amide bonds. The van der Waals surface area contributed by atoms with E-state index in [1.807, 2.05) is 48.5 Å². The summed E-state index contributed by atoms with van der Waals surface area (Å²) >= 11 is 6.71. The fourth-order valence-electron chi connectivity index (χ4n) is 8.02. The SMILES string of the molecule is CCOc1cc(/C=C2\C(=O)NC(=O)N(c3cc4c5c(c3)[C@@H](c3ccccc3)CCN5CC[C@@H]4c3ccccc3)C2=O)cc(Cl)c1OCc1cccc([N+](=O)[O-])c1. The molecule has 1 fully saturated rings. The van der Waals surface area contributed by atoms with E-state index in [9.17, 15) is 24.5 Å². The van der Waals surface area contributed by atoms with Crippen molar-refractivity contribution in [1.82, 2.24) is 5.32 Å². The number of nitro benzene ring substituents is 1. The van der Waals surface area contributed by atoms with E-state index in [2.05, 4.69) is 34.5 Å². The van der Waals surface area contributed by atoms with Crippen LogP contribution in [-0.2, 0) is 16.2 Å². The molecule has 0 aliphatic carbocycles. The summed E-state index contributed by atoms with van der Waals surface area (Å²) in [6, 6.07) is 32.7. The van der Waals surface area contributed by atoms with Gasteiger partial charge in [-0.25, -0.2) is 9.69 Å². The highest BCUT2D eigenvalue weighted by Crippen LogP contribution is 2.50. The predicted octanol–water partition coefficient (Wildman–Crippen LogP) is 8.77. The lowest BCUT2D eigenvalue weighted by Gasteiger charge is -2.44. The molecule has 1 N–H and O–H groups in total. The molecule has 0 saturated carbocycles. The first-order chi connectivity index (χ1) is 27.2. The van der Waals surface area contributed by atoms with Crippen LogP contribution < -0.4 is 24.6 Å². The topological polar surface area (TPSA) is 131 Å². The number of rotatable bonds is 10. The molecule has 3 aliphatic rings. The molecule has 0 bridgehead atoms. The number of ether oxygens (including phenoxy) is 2. The largest absolute Gasteiger partial charge is 0.490 e. The van der Waals surface area contributed by atoms with Gasteiger partial charge in [-0.3, -0.25) is 25.0 Å². The summed E-state index contributed by atoms with van der Waals surface area (Å²) in [6.45, 7) is 3.76. The number of hydrogen-bond acceptors (Lipinski definition) is 8. The zero-order valence-electron chi connectivity index (χ0n) is 30.4. The Bertz CT molecular complexity index is 2330. The molecule has 2 atom stereocenters. The van der Waals surface area contributed by atoms with Crippen molar-refractivity contribution in [2.45, 2.75) is 38.2 Å². The highest BCUT2D eigenvalue weighted by atomic mass is 35.5. The number of carbonyl (C=O) groups is 3. The van der Waals surface area contributed by atoms with Gasteiger partial charge in [-0.1, -0.05) is 84.4 Å².